The van der Waals surface area contributed by atoms with Gasteiger partial charge in [0.05, 0.1) is 18.0 Å². The van der Waals surface area contributed by atoms with Crippen LogP contribution in [0.3, 0.4) is 0 Å². The number of methoxy groups -OCH3 is 1. The molecule has 1 aromatic heterocycles. The van der Waals surface area contributed by atoms with E-state index in [4.69, 9.17) is 15.2 Å². The molecule has 1 aliphatic heterocycles. The summed E-state index contributed by atoms with van der Waals surface area (Å²) in [5.41, 5.74) is 8.75. The van der Waals surface area contributed by atoms with E-state index in [0.717, 1.165) is 11.4 Å². The molecule has 9 heteroatoms. The molecule has 4 rings (SSSR count). The van der Waals surface area contributed by atoms with Crippen molar-refractivity contribution < 1.29 is 19.1 Å². The molecule has 33 heavy (non-hydrogen) atoms. The highest BCUT2D eigenvalue weighted by molar-refractivity contribution is 5.94. The summed E-state index contributed by atoms with van der Waals surface area (Å²) in [7, 11) is 1.56. The zero-order chi connectivity index (χ0) is 23.2. The van der Waals surface area contributed by atoms with Gasteiger partial charge >= 0.3 is 0 Å². The number of nitrogens with zero attached hydrogens (tertiary/aromatic N) is 4. The summed E-state index contributed by atoms with van der Waals surface area (Å²) in [6.45, 7) is 2.80. The number of hydrogen-bond donors (Lipinski definition) is 1. The Balaban J connectivity index is 1.50. The number of amides is 2. The Morgan fingerprint density at radius 3 is 2.39 bits per heavy atom. The number of piperazine rings is 1. The molecule has 3 aromatic rings. The smallest absolute Gasteiger partial charge is 0.272 e. The molecule has 0 bridgehead atoms. The number of ether oxygens (including phenoxy) is 2. The van der Waals surface area contributed by atoms with Gasteiger partial charge in [0.2, 0.25) is 5.91 Å². The van der Waals surface area contributed by atoms with Crippen molar-refractivity contribution in [2.45, 2.75) is 6.61 Å². The Morgan fingerprint density at radius 2 is 1.70 bits per heavy atom. The third kappa shape index (κ3) is 5.21. The third-order valence-corrected chi connectivity index (χ3v) is 5.49. The molecule has 2 heterocycles. The van der Waals surface area contributed by atoms with Gasteiger partial charge in [-0.25, -0.2) is 4.68 Å². The molecule has 172 valence electrons. The fourth-order valence-electron chi connectivity index (χ4n) is 3.83. The number of para-hydroxylation sites is 1. The molecule has 1 fully saturated rings. The number of nitrogens with two attached hydrogens (primary N) is 1. The topological polar surface area (TPSA) is 103 Å². The molecule has 0 unspecified atom stereocenters. The van der Waals surface area contributed by atoms with Crippen LogP contribution in [0.15, 0.2) is 60.7 Å². The zero-order valence-corrected chi connectivity index (χ0v) is 18.5. The second kappa shape index (κ2) is 10.3. The number of aromatic nitrogens is 2. The Kier molecular flexibility index (Phi) is 7.01. The quantitative estimate of drug-likeness (QED) is 0.417. The van der Waals surface area contributed by atoms with E-state index < -0.39 is 5.91 Å². The lowest BCUT2D eigenvalue weighted by atomic mass is 10.1. The van der Waals surface area contributed by atoms with Crippen LogP contribution in [0.1, 0.15) is 26.5 Å². The lowest BCUT2D eigenvalue weighted by Gasteiger charge is -2.36. The highest BCUT2D eigenvalue weighted by Crippen LogP contribution is 2.20. The third-order valence-electron chi connectivity index (χ3n) is 5.49. The van der Waals surface area contributed by atoms with Crippen LogP contribution in [0.5, 0.6) is 0 Å². The minimum Gasteiger partial charge on any atom is -0.368 e. The number of rotatable bonds is 8. The Hall–Kier alpha value is -3.69. The second-order valence-corrected chi connectivity index (χ2v) is 7.72. The maximum atomic E-state index is 13.4. The number of anilines is 1. The van der Waals surface area contributed by atoms with Gasteiger partial charge in [0, 0.05) is 44.5 Å². The molecule has 0 aliphatic carbocycles. The van der Waals surface area contributed by atoms with Crippen molar-refractivity contribution in [3.05, 3.63) is 77.6 Å². The molecular weight excluding hydrogens is 422 g/mol. The molecular formula is C24H27N5O4. The number of hydrogen-bond acceptors (Lipinski definition) is 6. The minimum atomic E-state index is -0.454. The van der Waals surface area contributed by atoms with Gasteiger partial charge in [0.25, 0.3) is 5.91 Å². The summed E-state index contributed by atoms with van der Waals surface area (Å²) in [6, 6.07) is 18.6. The van der Waals surface area contributed by atoms with E-state index in [2.05, 4.69) is 10.00 Å². The van der Waals surface area contributed by atoms with Gasteiger partial charge in [-0.2, -0.15) is 5.10 Å². The molecule has 0 spiro atoms. The summed E-state index contributed by atoms with van der Waals surface area (Å²) in [6.07, 6.45) is 0. The van der Waals surface area contributed by atoms with Crippen LogP contribution < -0.4 is 10.6 Å². The van der Waals surface area contributed by atoms with E-state index in [1.807, 2.05) is 47.4 Å². The zero-order valence-electron chi connectivity index (χ0n) is 18.5. The van der Waals surface area contributed by atoms with Crippen molar-refractivity contribution in [1.29, 1.82) is 0 Å². The summed E-state index contributed by atoms with van der Waals surface area (Å²) < 4.78 is 12.0. The highest BCUT2D eigenvalue weighted by atomic mass is 16.7. The van der Waals surface area contributed by atoms with Gasteiger partial charge in [-0.3, -0.25) is 9.59 Å². The lowest BCUT2D eigenvalue weighted by molar-refractivity contribution is -0.0401. The SMILES string of the molecule is COCOCc1cc(C(=O)N2CCN(c3cccc(C(N)=O)c3)CC2)n(-c2ccccc2)n1. The normalized spacial score (nSPS) is 13.8. The molecule has 9 nitrogen and oxygen atoms in total. The van der Waals surface area contributed by atoms with Gasteiger partial charge in [-0.1, -0.05) is 24.3 Å². The van der Waals surface area contributed by atoms with Gasteiger partial charge in [-0.15, -0.1) is 0 Å². The van der Waals surface area contributed by atoms with E-state index in [1.54, 1.807) is 30.0 Å². The van der Waals surface area contributed by atoms with E-state index in [9.17, 15) is 9.59 Å². The fourth-order valence-corrected chi connectivity index (χ4v) is 3.83. The van der Waals surface area contributed by atoms with Crippen molar-refractivity contribution in [2.24, 2.45) is 5.73 Å². The van der Waals surface area contributed by atoms with Crippen molar-refractivity contribution in [1.82, 2.24) is 14.7 Å². The Morgan fingerprint density at radius 1 is 0.970 bits per heavy atom. The number of carbonyl (C=O) groups excluding carboxylic acids is 2. The van der Waals surface area contributed by atoms with Gasteiger partial charge in [0.1, 0.15) is 12.5 Å². The predicted molar refractivity (Wildman–Crippen MR) is 123 cm³/mol. The average molecular weight is 450 g/mol. The molecule has 2 N–H and O–H groups in total. The summed E-state index contributed by atoms with van der Waals surface area (Å²) in [5, 5.41) is 4.59. The standard InChI is InChI=1S/C24H27N5O4/c1-32-17-33-16-19-15-22(29(26-19)20-7-3-2-4-8-20)24(31)28-12-10-27(11-13-28)21-9-5-6-18(14-21)23(25)30/h2-9,14-15H,10-13,16-17H2,1H3,(H2,25,30). The van der Waals surface area contributed by atoms with E-state index in [-0.39, 0.29) is 19.3 Å². The average Bonchev–Trinajstić information content (AvgIpc) is 3.29. The number of benzene rings is 2. The van der Waals surface area contributed by atoms with Crippen LogP contribution in [-0.2, 0) is 16.1 Å². The van der Waals surface area contributed by atoms with Crippen molar-refractivity contribution in [3.8, 4) is 5.69 Å². The van der Waals surface area contributed by atoms with Crippen LogP contribution in [0.25, 0.3) is 5.69 Å². The minimum absolute atomic E-state index is 0.0881. The maximum Gasteiger partial charge on any atom is 0.272 e. The molecule has 2 aromatic carbocycles. The van der Waals surface area contributed by atoms with Gasteiger partial charge in [0.15, 0.2) is 0 Å². The first-order chi connectivity index (χ1) is 16.1. The Bertz CT molecular complexity index is 1110. The molecule has 2 amide bonds. The van der Waals surface area contributed by atoms with Crippen molar-refractivity contribution >= 4 is 17.5 Å². The van der Waals surface area contributed by atoms with Gasteiger partial charge < -0.3 is 25.0 Å². The first-order valence-electron chi connectivity index (χ1n) is 10.7. The highest BCUT2D eigenvalue weighted by Gasteiger charge is 2.26. The Labute approximate surface area is 192 Å². The van der Waals surface area contributed by atoms with E-state index in [0.29, 0.717) is 43.1 Å². The molecule has 0 saturated carbocycles. The second-order valence-electron chi connectivity index (χ2n) is 7.72. The van der Waals surface area contributed by atoms with Crippen LogP contribution in [0, 0.1) is 0 Å². The van der Waals surface area contributed by atoms with E-state index in [1.165, 1.54) is 0 Å². The van der Waals surface area contributed by atoms with E-state index >= 15 is 0 Å². The van der Waals surface area contributed by atoms with Crippen molar-refractivity contribution in [3.63, 3.8) is 0 Å². The summed E-state index contributed by atoms with van der Waals surface area (Å²) >= 11 is 0. The first-order valence-corrected chi connectivity index (χ1v) is 10.7. The van der Waals surface area contributed by atoms with Crippen LogP contribution in [-0.4, -0.2) is 66.6 Å². The molecule has 1 saturated heterocycles. The molecule has 0 atom stereocenters. The predicted octanol–water partition coefficient (Wildman–Crippen LogP) is 2.05. The first kappa shape index (κ1) is 22.5. The summed E-state index contributed by atoms with van der Waals surface area (Å²) in [5.74, 6) is -0.542. The molecule has 1 aliphatic rings. The fraction of sp³-hybridized carbons (Fsp3) is 0.292. The largest absolute Gasteiger partial charge is 0.368 e. The molecule has 0 radical (unpaired) electrons. The summed E-state index contributed by atoms with van der Waals surface area (Å²) in [4.78, 5) is 28.9. The van der Waals surface area contributed by atoms with Gasteiger partial charge in [-0.05, 0) is 36.4 Å². The van der Waals surface area contributed by atoms with Crippen LogP contribution in [0.4, 0.5) is 5.69 Å². The number of carbonyl (C=O) groups is 2. The van der Waals surface area contributed by atoms with Crippen LogP contribution >= 0.6 is 0 Å². The van der Waals surface area contributed by atoms with Crippen molar-refractivity contribution in [2.75, 3.05) is 45.0 Å². The monoisotopic (exact) mass is 449 g/mol. The number of primary amides is 1. The maximum absolute atomic E-state index is 13.4. The van der Waals surface area contributed by atoms with Crippen LogP contribution in [0.2, 0.25) is 0 Å². The lowest BCUT2D eigenvalue weighted by Crippen LogP contribution is -2.49.